The van der Waals surface area contributed by atoms with E-state index in [1.165, 1.54) is 17.5 Å². The number of rotatable bonds is 5. The lowest BCUT2D eigenvalue weighted by Gasteiger charge is -2.28. The van der Waals surface area contributed by atoms with Gasteiger partial charge in [-0.15, -0.1) is 5.10 Å². The highest BCUT2D eigenvalue weighted by atomic mass is 32.1. The Balaban J connectivity index is 1.62. The number of fused-ring (bicyclic) bond motifs is 1. The number of aromatic nitrogens is 2. The van der Waals surface area contributed by atoms with Gasteiger partial charge >= 0.3 is 0 Å². The molecule has 142 valence electrons. The first-order valence-electron chi connectivity index (χ1n) is 9.71. The number of nitrogens with zero attached hydrogens (tertiary/aromatic N) is 3. The van der Waals surface area contributed by atoms with E-state index in [0.717, 1.165) is 62.2 Å². The van der Waals surface area contributed by atoms with E-state index in [1.807, 2.05) is 12.1 Å². The van der Waals surface area contributed by atoms with Crippen LogP contribution in [0.1, 0.15) is 60.1 Å². The second kappa shape index (κ2) is 8.17. The predicted octanol–water partition coefficient (Wildman–Crippen LogP) is 3.12. The molecule has 0 atom stereocenters. The molecular formula is C20H24N4O2S. The maximum Gasteiger partial charge on any atom is 0.280 e. The van der Waals surface area contributed by atoms with Crippen molar-refractivity contribution in [3.05, 3.63) is 40.4 Å². The number of anilines is 1. The highest BCUT2D eigenvalue weighted by Crippen LogP contribution is 2.31. The smallest absolute Gasteiger partial charge is 0.280 e. The molecular weight excluding hydrogens is 360 g/mol. The van der Waals surface area contributed by atoms with Gasteiger partial charge in [0.05, 0.1) is 0 Å². The van der Waals surface area contributed by atoms with Gasteiger partial charge < -0.3 is 5.32 Å². The van der Waals surface area contributed by atoms with Crippen molar-refractivity contribution in [1.29, 1.82) is 0 Å². The number of amides is 2. The zero-order chi connectivity index (χ0) is 18.6. The monoisotopic (exact) mass is 384 g/mol. The Morgan fingerprint density at radius 3 is 2.74 bits per heavy atom. The van der Waals surface area contributed by atoms with Crippen LogP contribution in [0, 0.1) is 0 Å². The fraction of sp³-hybridized carbons (Fsp3) is 0.500. The number of benzene rings is 1. The minimum absolute atomic E-state index is 0.0172. The van der Waals surface area contributed by atoms with Crippen LogP contribution in [-0.2, 0) is 17.6 Å². The van der Waals surface area contributed by atoms with Crippen molar-refractivity contribution in [3.8, 4) is 0 Å². The van der Waals surface area contributed by atoms with Crippen LogP contribution >= 0.6 is 11.5 Å². The Labute approximate surface area is 163 Å². The standard InChI is InChI=1S/C20H24N4O2S/c25-19(21-15-8-2-3-9-15)12-24(20(26)17-13-27-23-22-17)18-11-5-7-14-6-1-4-10-16(14)18/h5,7,11,13,15H,1-4,6,8-10,12H2,(H,21,25). The van der Waals surface area contributed by atoms with Crippen LogP contribution in [0.15, 0.2) is 23.6 Å². The summed E-state index contributed by atoms with van der Waals surface area (Å²) in [6.07, 6.45) is 8.61. The summed E-state index contributed by atoms with van der Waals surface area (Å²) in [7, 11) is 0. The normalized spacial score (nSPS) is 16.7. The summed E-state index contributed by atoms with van der Waals surface area (Å²) in [5.41, 5.74) is 3.60. The van der Waals surface area contributed by atoms with Crippen LogP contribution in [0.4, 0.5) is 5.69 Å². The van der Waals surface area contributed by atoms with Crippen molar-refractivity contribution < 1.29 is 9.59 Å². The molecule has 1 N–H and O–H groups in total. The van der Waals surface area contributed by atoms with Crippen molar-refractivity contribution in [2.45, 2.75) is 57.4 Å². The zero-order valence-corrected chi connectivity index (χ0v) is 16.1. The van der Waals surface area contributed by atoms with E-state index in [2.05, 4.69) is 21.0 Å². The van der Waals surface area contributed by atoms with E-state index in [1.54, 1.807) is 10.3 Å². The van der Waals surface area contributed by atoms with Crippen molar-refractivity contribution in [2.75, 3.05) is 11.4 Å². The van der Waals surface area contributed by atoms with Gasteiger partial charge in [-0.3, -0.25) is 14.5 Å². The lowest BCUT2D eigenvalue weighted by Crippen LogP contribution is -2.44. The summed E-state index contributed by atoms with van der Waals surface area (Å²) >= 11 is 1.15. The van der Waals surface area contributed by atoms with Crippen molar-refractivity contribution in [2.24, 2.45) is 0 Å². The first kappa shape index (κ1) is 18.1. The van der Waals surface area contributed by atoms with Crippen LogP contribution < -0.4 is 10.2 Å². The lowest BCUT2D eigenvalue weighted by molar-refractivity contribution is -0.120. The fourth-order valence-corrected chi connectivity index (χ4v) is 4.59. The molecule has 2 amide bonds. The van der Waals surface area contributed by atoms with Gasteiger partial charge in [-0.1, -0.05) is 29.5 Å². The molecule has 0 bridgehead atoms. The molecule has 2 aliphatic carbocycles. The van der Waals surface area contributed by atoms with Gasteiger partial charge in [0.15, 0.2) is 5.69 Å². The van der Waals surface area contributed by atoms with Gasteiger partial charge in [-0.2, -0.15) is 0 Å². The quantitative estimate of drug-likeness (QED) is 0.859. The molecule has 0 unspecified atom stereocenters. The summed E-state index contributed by atoms with van der Waals surface area (Å²) in [6, 6.07) is 6.29. The zero-order valence-electron chi connectivity index (χ0n) is 15.3. The van der Waals surface area contributed by atoms with Crippen LogP contribution in [0.2, 0.25) is 0 Å². The summed E-state index contributed by atoms with van der Waals surface area (Å²) in [4.78, 5) is 27.4. The Morgan fingerprint density at radius 2 is 1.96 bits per heavy atom. The predicted molar refractivity (Wildman–Crippen MR) is 105 cm³/mol. The van der Waals surface area contributed by atoms with Crippen LogP contribution in [0.25, 0.3) is 0 Å². The number of nitrogens with one attached hydrogen (secondary N) is 1. The lowest BCUT2D eigenvalue weighted by atomic mass is 9.90. The minimum Gasteiger partial charge on any atom is -0.352 e. The first-order valence-corrected chi connectivity index (χ1v) is 10.5. The number of carbonyl (C=O) groups excluding carboxylic acids is 2. The molecule has 0 spiro atoms. The Hall–Kier alpha value is -2.28. The molecule has 2 aliphatic rings. The molecule has 1 heterocycles. The molecule has 27 heavy (non-hydrogen) atoms. The van der Waals surface area contributed by atoms with Crippen molar-refractivity contribution in [3.63, 3.8) is 0 Å². The van der Waals surface area contributed by atoms with E-state index in [-0.39, 0.29) is 24.4 Å². The first-order chi connectivity index (χ1) is 13.2. The average molecular weight is 385 g/mol. The fourth-order valence-electron chi connectivity index (χ4n) is 4.16. The molecule has 0 aliphatic heterocycles. The van der Waals surface area contributed by atoms with Gasteiger partial charge in [0.2, 0.25) is 5.91 Å². The topological polar surface area (TPSA) is 75.2 Å². The SMILES string of the molecule is O=C(CN(C(=O)c1csnn1)c1cccc2c1CCCC2)NC1CCCC1. The molecule has 1 saturated carbocycles. The molecule has 6 nitrogen and oxygen atoms in total. The van der Waals surface area contributed by atoms with Gasteiger partial charge in [0.25, 0.3) is 5.91 Å². The van der Waals surface area contributed by atoms with Gasteiger partial charge in [-0.05, 0) is 67.3 Å². The van der Waals surface area contributed by atoms with Crippen molar-refractivity contribution in [1.82, 2.24) is 14.9 Å². The second-order valence-electron chi connectivity index (χ2n) is 7.35. The molecule has 7 heteroatoms. The Morgan fingerprint density at radius 1 is 1.15 bits per heavy atom. The number of hydrogen-bond acceptors (Lipinski definition) is 5. The largest absolute Gasteiger partial charge is 0.352 e. The van der Waals surface area contributed by atoms with Gasteiger partial charge in [0, 0.05) is 17.1 Å². The highest BCUT2D eigenvalue weighted by molar-refractivity contribution is 7.03. The molecule has 0 radical (unpaired) electrons. The second-order valence-corrected chi connectivity index (χ2v) is 7.96. The number of carbonyl (C=O) groups is 2. The molecule has 0 saturated heterocycles. The van der Waals surface area contributed by atoms with E-state index >= 15 is 0 Å². The Bertz CT molecular complexity index is 815. The summed E-state index contributed by atoms with van der Waals surface area (Å²) in [5.74, 6) is -0.365. The van der Waals surface area contributed by atoms with Crippen LogP contribution in [0.3, 0.4) is 0 Å². The molecule has 1 aromatic carbocycles. The minimum atomic E-state index is -0.260. The maximum atomic E-state index is 13.1. The molecule has 1 aromatic heterocycles. The highest BCUT2D eigenvalue weighted by Gasteiger charge is 2.27. The summed E-state index contributed by atoms with van der Waals surface area (Å²) < 4.78 is 3.81. The Kier molecular flexibility index (Phi) is 5.48. The average Bonchev–Trinajstić information content (AvgIpc) is 3.39. The van der Waals surface area contributed by atoms with E-state index in [0.29, 0.717) is 5.69 Å². The number of aryl methyl sites for hydroxylation is 1. The summed E-state index contributed by atoms with van der Waals surface area (Å²) in [6.45, 7) is 0.0172. The third-order valence-electron chi connectivity index (χ3n) is 5.51. The van der Waals surface area contributed by atoms with E-state index < -0.39 is 0 Å². The third-order valence-corrected chi connectivity index (χ3v) is 6.01. The molecule has 1 fully saturated rings. The maximum absolute atomic E-state index is 13.1. The number of hydrogen-bond donors (Lipinski definition) is 1. The third kappa shape index (κ3) is 4.03. The van der Waals surface area contributed by atoms with Gasteiger partial charge in [-0.25, -0.2) is 0 Å². The summed E-state index contributed by atoms with van der Waals surface area (Å²) in [5, 5.41) is 8.66. The molecule has 2 aromatic rings. The van der Waals surface area contributed by atoms with E-state index in [9.17, 15) is 9.59 Å². The van der Waals surface area contributed by atoms with Crippen LogP contribution in [-0.4, -0.2) is 34.0 Å². The van der Waals surface area contributed by atoms with Crippen molar-refractivity contribution >= 4 is 29.0 Å². The molecule has 4 rings (SSSR count). The van der Waals surface area contributed by atoms with Crippen LogP contribution in [0.5, 0.6) is 0 Å². The van der Waals surface area contributed by atoms with Gasteiger partial charge in [0.1, 0.15) is 6.54 Å². The van der Waals surface area contributed by atoms with E-state index in [4.69, 9.17) is 0 Å².